The van der Waals surface area contributed by atoms with E-state index in [1.165, 1.54) is 37.9 Å². The summed E-state index contributed by atoms with van der Waals surface area (Å²) in [5.74, 6) is 0. The van der Waals surface area contributed by atoms with Gasteiger partial charge in [0.2, 0.25) is 0 Å². The Hall–Kier alpha value is -1.04. The summed E-state index contributed by atoms with van der Waals surface area (Å²) in [6, 6.07) is 12.9. The van der Waals surface area contributed by atoms with Crippen LogP contribution < -0.4 is 0 Å². The number of hydrogen-bond donors (Lipinski definition) is 0. The van der Waals surface area contributed by atoms with Crippen LogP contribution in [0.5, 0.6) is 0 Å². The molecule has 0 amide bonds. The van der Waals surface area contributed by atoms with Crippen molar-refractivity contribution in [2.75, 3.05) is 19.6 Å². The van der Waals surface area contributed by atoms with Gasteiger partial charge in [-0.3, -0.25) is 0 Å². The minimum atomic E-state index is -0.307. The lowest BCUT2D eigenvalue weighted by molar-refractivity contribution is 0.212. The van der Waals surface area contributed by atoms with Crippen LogP contribution in [0, 0.1) is 11.3 Å². The van der Waals surface area contributed by atoms with Gasteiger partial charge in [-0.1, -0.05) is 43.7 Å². The largest absolute Gasteiger partial charge is 0.303 e. The van der Waals surface area contributed by atoms with Gasteiger partial charge in [0.1, 0.15) is 0 Å². The molecule has 1 atom stereocenters. The molecule has 20 heavy (non-hydrogen) atoms. The lowest BCUT2D eigenvalue weighted by atomic mass is 9.76. The fraction of sp³-hybridized carbons (Fsp3) is 0.588. The SMILES string of the molecule is CCC(C#N)(CCN1CCCCC1)c1ccccc1.Cl. The Morgan fingerprint density at radius 1 is 1.15 bits per heavy atom. The Bertz CT molecular complexity index is 420. The summed E-state index contributed by atoms with van der Waals surface area (Å²) in [7, 11) is 0. The number of hydrogen-bond acceptors (Lipinski definition) is 2. The molecular weight excluding hydrogens is 268 g/mol. The first-order chi connectivity index (χ1) is 9.30. The van der Waals surface area contributed by atoms with E-state index in [-0.39, 0.29) is 17.8 Å². The molecule has 2 rings (SSSR count). The van der Waals surface area contributed by atoms with E-state index < -0.39 is 0 Å². The maximum atomic E-state index is 9.69. The van der Waals surface area contributed by atoms with Crippen LogP contribution in [-0.2, 0) is 5.41 Å². The molecule has 1 heterocycles. The second-order valence-corrected chi connectivity index (χ2v) is 5.57. The molecule has 1 aromatic carbocycles. The molecule has 2 nitrogen and oxygen atoms in total. The van der Waals surface area contributed by atoms with Crippen molar-refractivity contribution in [3.05, 3.63) is 35.9 Å². The normalized spacial score (nSPS) is 18.6. The van der Waals surface area contributed by atoms with Crippen molar-refractivity contribution < 1.29 is 0 Å². The number of likely N-dealkylation sites (tertiary alicyclic amines) is 1. The molecule has 3 heteroatoms. The number of piperidine rings is 1. The number of rotatable bonds is 5. The van der Waals surface area contributed by atoms with Crippen molar-refractivity contribution in [3.8, 4) is 6.07 Å². The van der Waals surface area contributed by atoms with Crippen molar-refractivity contribution in [2.24, 2.45) is 0 Å². The van der Waals surface area contributed by atoms with Crippen molar-refractivity contribution in [2.45, 2.75) is 44.4 Å². The highest BCUT2D eigenvalue weighted by Gasteiger charge is 2.30. The summed E-state index contributed by atoms with van der Waals surface area (Å²) in [6.45, 7) is 5.60. The highest BCUT2D eigenvalue weighted by Crippen LogP contribution is 2.31. The number of nitrogens with zero attached hydrogens (tertiary/aromatic N) is 2. The molecule has 1 aliphatic rings. The standard InChI is InChI=1S/C17H24N2.ClH/c1-2-17(15-18,16-9-5-3-6-10-16)11-14-19-12-7-4-8-13-19;/h3,5-6,9-10H,2,4,7-8,11-14H2,1H3;1H. The minimum absolute atomic E-state index is 0. The predicted octanol–water partition coefficient (Wildman–Crippen LogP) is 4.16. The Kier molecular flexibility index (Phi) is 7.05. The Labute approximate surface area is 129 Å². The Morgan fingerprint density at radius 2 is 1.80 bits per heavy atom. The maximum absolute atomic E-state index is 9.69. The van der Waals surface area contributed by atoms with E-state index in [9.17, 15) is 5.26 Å². The van der Waals surface area contributed by atoms with E-state index in [2.05, 4.69) is 30.0 Å². The lowest BCUT2D eigenvalue weighted by Crippen LogP contribution is -2.35. The summed E-state index contributed by atoms with van der Waals surface area (Å²) in [5.41, 5.74) is 0.871. The zero-order chi connectivity index (χ0) is 13.6. The monoisotopic (exact) mass is 292 g/mol. The summed E-state index contributed by atoms with van der Waals surface area (Å²) in [6.07, 6.45) is 5.84. The van der Waals surface area contributed by atoms with Gasteiger partial charge in [0.25, 0.3) is 0 Å². The molecule has 1 fully saturated rings. The fourth-order valence-corrected chi connectivity index (χ4v) is 3.01. The molecule has 1 aliphatic heterocycles. The first-order valence-corrected chi connectivity index (χ1v) is 7.50. The molecular formula is C17H25ClN2. The second-order valence-electron chi connectivity index (χ2n) is 5.57. The lowest BCUT2D eigenvalue weighted by Gasteiger charge is -2.31. The average molecular weight is 293 g/mol. The van der Waals surface area contributed by atoms with Crippen LogP contribution in [0.15, 0.2) is 30.3 Å². The summed E-state index contributed by atoms with van der Waals surface area (Å²) >= 11 is 0. The van der Waals surface area contributed by atoms with Crippen LogP contribution in [0.2, 0.25) is 0 Å². The predicted molar refractivity (Wildman–Crippen MR) is 86.2 cm³/mol. The van der Waals surface area contributed by atoms with Crippen LogP contribution in [0.25, 0.3) is 0 Å². The zero-order valence-corrected chi connectivity index (χ0v) is 13.2. The van der Waals surface area contributed by atoms with Gasteiger partial charge in [0.05, 0.1) is 11.5 Å². The van der Waals surface area contributed by atoms with Gasteiger partial charge < -0.3 is 4.90 Å². The zero-order valence-electron chi connectivity index (χ0n) is 12.3. The first kappa shape index (κ1) is 17.0. The maximum Gasteiger partial charge on any atom is 0.0831 e. The molecule has 1 aromatic rings. The molecule has 1 unspecified atom stereocenters. The van der Waals surface area contributed by atoms with Crippen LogP contribution in [0.4, 0.5) is 0 Å². The van der Waals surface area contributed by atoms with Gasteiger partial charge >= 0.3 is 0 Å². The topological polar surface area (TPSA) is 27.0 Å². The molecule has 0 radical (unpaired) electrons. The number of halogens is 1. The molecule has 0 aliphatic carbocycles. The van der Waals surface area contributed by atoms with Gasteiger partial charge in [0.15, 0.2) is 0 Å². The first-order valence-electron chi connectivity index (χ1n) is 7.50. The molecule has 1 saturated heterocycles. The van der Waals surface area contributed by atoms with Crippen LogP contribution in [0.1, 0.15) is 44.6 Å². The van der Waals surface area contributed by atoms with E-state index in [4.69, 9.17) is 0 Å². The third kappa shape index (κ3) is 3.98. The van der Waals surface area contributed by atoms with Gasteiger partial charge in [-0.05, 0) is 50.9 Å². The van der Waals surface area contributed by atoms with E-state index in [0.29, 0.717) is 0 Å². The van der Waals surface area contributed by atoms with Gasteiger partial charge in [-0.15, -0.1) is 12.4 Å². The molecule has 0 N–H and O–H groups in total. The summed E-state index contributed by atoms with van der Waals surface area (Å²) < 4.78 is 0. The molecule has 0 spiro atoms. The molecule has 0 aromatic heterocycles. The highest BCUT2D eigenvalue weighted by atomic mass is 35.5. The van der Waals surface area contributed by atoms with Crippen molar-refractivity contribution >= 4 is 12.4 Å². The molecule has 110 valence electrons. The summed E-state index contributed by atoms with van der Waals surface area (Å²) in [5, 5.41) is 9.69. The third-order valence-corrected chi connectivity index (χ3v) is 4.45. The Balaban J connectivity index is 0.00000200. The van der Waals surface area contributed by atoms with Crippen molar-refractivity contribution in [3.63, 3.8) is 0 Å². The number of nitriles is 1. The van der Waals surface area contributed by atoms with E-state index in [0.717, 1.165) is 19.4 Å². The van der Waals surface area contributed by atoms with Crippen molar-refractivity contribution in [1.29, 1.82) is 5.26 Å². The average Bonchev–Trinajstić information content (AvgIpc) is 2.51. The minimum Gasteiger partial charge on any atom is -0.303 e. The molecule has 0 saturated carbocycles. The van der Waals surface area contributed by atoms with Crippen LogP contribution in [0.3, 0.4) is 0 Å². The fourth-order valence-electron chi connectivity index (χ4n) is 3.01. The smallest absolute Gasteiger partial charge is 0.0831 e. The quantitative estimate of drug-likeness (QED) is 0.815. The van der Waals surface area contributed by atoms with Gasteiger partial charge in [-0.25, -0.2) is 0 Å². The van der Waals surface area contributed by atoms with E-state index in [1.54, 1.807) is 0 Å². The Morgan fingerprint density at radius 3 is 2.35 bits per heavy atom. The van der Waals surface area contributed by atoms with Crippen LogP contribution >= 0.6 is 12.4 Å². The highest BCUT2D eigenvalue weighted by molar-refractivity contribution is 5.85. The van der Waals surface area contributed by atoms with Gasteiger partial charge in [0, 0.05) is 0 Å². The van der Waals surface area contributed by atoms with Crippen LogP contribution in [-0.4, -0.2) is 24.5 Å². The van der Waals surface area contributed by atoms with Gasteiger partial charge in [-0.2, -0.15) is 5.26 Å². The number of benzene rings is 1. The molecule has 0 bridgehead atoms. The second kappa shape index (κ2) is 8.29. The third-order valence-electron chi connectivity index (χ3n) is 4.45. The van der Waals surface area contributed by atoms with E-state index >= 15 is 0 Å². The van der Waals surface area contributed by atoms with Crippen molar-refractivity contribution in [1.82, 2.24) is 4.90 Å². The summed E-state index contributed by atoms with van der Waals surface area (Å²) in [4.78, 5) is 2.52. The van der Waals surface area contributed by atoms with E-state index in [1.807, 2.05) is 18.2 Å².